The molecule has 2 aromatic rings. The van der Waals surface area contributed by atoms with Crippen molar-refractivity contribution in [2.24, 2.45) is 0 Å². The van der Waals surface area contributed by atoms with Crippen LogP contribution in [0.1, 0.15) is 43.0 Å². The molecule has 1 saturated heterocycles. The molecule has 0 unspecified atom stereocenters. The van der Waals surface area contributed by atoms with Gasteiger partial charge in [0, 0.05) is 13.1 Å². The molecular formula is C19H26N4O3. The number of piperidine rings is 1. The monoisotopic (exact) mass is 358 g/mol. The fourth-order valence-electron chi connectivity index (χ4n) is 3.11. The van der Waals surface area contributed by atoms with Crippen molar-refractivity contribution in [3.05, 3.63) is 41.5 Å². The fourth-order valence-corrected chi connectivity index (χ4v) is 3.11. The van der Waals surface area contributed by atoms with E-state index in [9.17, 15) is 4.79 Å². The molecule has 3 rings (SSSR count). The molecule has 1 aromatic carbocycles. The van der Waals surface area contributed by atoms with Crippen molar-refractivity contribution in [2.45, 2.75) is 45.6 Å². The zero-order valence-electron chi connectivity index (χ0n) is 15.6. The molecule has 0 bridgehead atoms. The van der Waals surface area contributed by atoms with Gasteiger partial charge in [-0.2, -0.15) is 4.98 Å². The molecule has 2 atom stereocenters. The molecule has 1 N–H and O–H groups in total. The average Bonchev–Trinajstić information content (AvgIpc) is 3.07. The molecule has 2 heterocycles. The van der Waals surface area contributed by atoms with Gasteiger partial charge < -0.3 is 19.5 Å². The lowest BCUT2D eigenvalue weighted by Crippen LogP contribution is -2.48. The van der Waals surface area contributed by atoms with E-state index < -0.39 is 0 Å². The van der Waals surface area contributed by atoms with Crippen LogP contribution in [0.5, 0.6) is 5.75 Å². The van der Waals surface area contributed by atoms with Crippen molar-refractivity contribution in [1.29, 1.82) is 0 Å². The predicted molar refractivity (Wildman–Crippen MR) is 97.3 cm³/mol. The van der Waals surface area contributed by atoms with E-state index in [0.29, 0.717) is 24.9 Å². The number of carbonyl (C=O) groups is 1. The van der Waals surface area contributed by atoms with Crippen molar-refractivity contribution in [3.8, 4) is 5.75 Å². The molecule has 26 heavy (non-hydrogen) atoms. The molecule has 1 aliphatic rings. The zero-order valence-corrected chi connectivity index (χ0v) is 15.6. The first-order chi connectivity index (χ1) is 12.5. The van der Waals surface area contributed by atoms with Crippen molar-refractivity contribution in [3.63, 3.8) is 0 Å². The van der Waals surface area contributed by atoms with Crippen LogP contribution in [-0.2, 0) is 0 Å². The van der Waals surface area contributed by atoms with Crippen LogP contribution in [0.15, 0.2) is 28.8 Å². The van der Waals surface area contributed by atoms with E-state index in [2.05, 4.69) is 15.5 Å². The maximum atomic E-state index is 12.5. The number of aromatic nitrogens is 2. The Bertz CT molecular complexity index is 746. The summed E-state index contributed by atoms with van der Waals surface area (Å²) in [5.41, 5.74) is 1.15. The van der Waals surface area contributed by atoms with Gasteiger partial charge in [-0.3, -0.25) is 0 Å². The van der Waals surface area contributed by atoms with Crippen LogP contribution in [0, 0.1) is 13.8 Å². The van der Waals surface area contributed by atoms with Crippen LogP contribution in [0.3, 0.4) is 0 Å². The number of ether oxygens (including phenoxy) is 1. The number of aryl methyl sites for hydroxylation is 2. The van der Waals surface area contributed by atoms with Gasteiger partial charge in [-0.25, -0.2) is 4.79 Å². The molecule has 0 saturated carbocycles. The Hall–Kier alpha value is -2.57. The summed E-state index contributed by atoms with van der Waals surface area (Å²) in [5, 5.41) is 6.85. The van der Waals surface area contributed by atoms with E-state index in [4.69, 9.17) is 9.26 Å². The Morgan fingerprint density at radius 2 is 2.31 bits per heavy atom. The first-order valence-electron chi connectivity index (χ1n) is 9.06. The first kappa shape index (κ1) is 18.2. The lowest BCUT2D eigenvalue weighted by molar-refractivity contribution is 0.164. The summed E-state index contributed by atoms with van der Waals surface area (Å²) < 4.78 is 11.0. The molecule has 1 aromatic heterocycles. The lowest BCUT2D eigenvalue weighted by Gasteiger charge is -2.32. The number of hydrogen-bond acceptors (Lipinski definition) is 5. The minimum atomic E-state index is -0.0889. The Morgan fingerprint density at radius 1 is 1.46 bits per heavy atom. The Kier molecular flexibility index (Phi) is 5.75. The summed E-state index contributed by atoms with van der Waals surface area (Å²) in [6, 6.07) is 7.72. The van der Waals surface area contributed by atoms with Gasteiger partial charge in [0.25, 0.3) is 0 Å². The highest BCUT2D eigenvalue weighted by Crippen LogP contribution is 2.25. The lowest BCUT2D eigenvalue weighted by atomic mass is 9.98. The third kappa shape index (κ3) is 4.74. The molecule has 140 valence electrons. The van der Waals surface area contributed by atoms with Gasteiger partial charge in [-0.05, 0) is 51.3 Å². The zero-order chi connectivity index (χ0) is 18.5. The topological polar surface area (TPSA) is 80.5 Å². The summed E-state index contributed by atoms with van der Waals surface area (Å²) in [4.78, 5) is 18.7. The third-order valence-electron chi connectivity index (χ3n) is 4.46. The van der Waals surface area contributed by atoms with Crippen LogP contribution in [-0.4, -0.2) is 46.8 Å². The highest BCUT2D eigenvalue weighted by molar-refractivity contribution is 5.74. The van der Waals surface area contributed by atoms with Gasteiger partial charge >= 0.3 is 6.03 Å². The summed E-state index contributed by atoms with van der Waals surface area (Å²) in [7, 11) is 0. The minimum Gasteiger partial charge on any atom is -0.491 e. The summed E-state index contributed by atoms with van der Waals surface area (Å²) in [6.45, 7) is 7.53. The van der Waals surface area contributed by atoms with Gasteiger partial charge in [0.05, 0.1) is 12.0 Å². The standard InChI is InChI=1S/C19H26N4O3/c1-13-6-4-8-17(10-13)25-12-14(2)20-19(24)23-9-5-7-16(11-23)18-21-15(3)22-26-18/h4,6,8,10,14,16H,5,7,9,11-12H2,1-3H3,(H,20,24)/t14-,16-/m1/s1. The maximum absolute atomic E-state index is 12.5. The van der Waals surface area contributed by atoms with Gasteiger partial charge in [-0.15, -0.1) is 0 Å². The van der Waals surface area contributed by atoms with Gasteiger partial charge in [0.2, 0.25) is 5.89 Å². The number of benzene rings is 1. The second-order valence-corrected chi connectivity index (χ2v) is 6.94. The molecule has 0 spiro atoms. The number of hydrogen-bond donors (Lipinski definition) is 1. The van der Waals surface area contributed by atoms with Crippen LogP contribution < -0.4 is 10.1 Å². The highest BCUT2D eigenvalue weighted by atomic mass is 16.5. The second-order valence-electron chi connectivity index (χ2n) is 6.94. The summed E-state index contributed by atoms with van der Waals surface area (Å²) in [5.74, 6) is 2.17. The van der Waals surface area contributed by atoms with Crippen LogP contribution in [0.4, 0.5) is 4.79 Å². The van der Waals surface area contributed by atoms with E-state index in [1.807, 2.05) is 43.0 Å². The Morgan fingerprint density at radius 3 is 3.04 bits per heavy atom. The quantitative estimate of drug-likeness (QED) is 0.888. The molecule has 7 nitrogen and oxygen atoms in total. The SMILES string of the molecule is Cc1cccc(OC[C@@H](C)NC(=O)N2CCC[C@@H](c3nc(C)no3)C2)c1. The largest absolute Gasteiger partial charge is 0.491 e. The van der Waals surface area contributed by atoms with E-state index in [1.165, 1.54) is 0 Å². The number of amides is 2. The molecule has 0 aliphatic carbocycles. The average molecular weight is 358 g/mol. The van der Waals surface area contributed by atoms with Crippen LogP contribution in [0.25, 0.3) is 0 Å². The number of urea groups is 1. The second kappa shape index (κ2) is 8.21. The number of nitrogens with zero attached hydrogens (tertiary/aromatic N) is 3. The molecule has 7 heteroatoms. The molecule has 1 aliphatic heterocycles. The number of rotatable bonds is 5. The van der Waals surface area contributed by atoms with Gasteiger partial charge in [-0.1, -0.05) is 17.3 Å². The smallest absolute Gasteiger partial charge is 0.317 e. The number of carbonyl (C=O) groups excluding carboxylic acids is 1. The van der Waals surface area contributed by atoms with E-state index in [1.54, 1.807) is 6.92 Å². The third-order valence-corrected chi connectivity index (χ3v) is 4.46. The number of nitrogens with one attached hydrogen (secondary N) is 1. The van der Waals surface area contributed by atoms with Gasteiger partial charge in [0.15, 0.2) is 5.82 Å². The minimum absolute atomic E-state index is 0.0775. The maximum Gasteiger partial charge on any atom is 0.317 e. The summed E-state index contributed by atoms with van der Waals surface area (Å²) >= 11 is 0. The summed E-state index contributed by atoms with van der Waals surface area (Å²) in [6.07, 6.45) is 1.88. The number of likely N-dealkylation sites (tertiary alicyclic amines) is 1. The Balaban J connectivity index is 1.49. The normalized spacial score (nSPS) is 18.4. The predicted octanol–water partition coefficient (Wildman–Crippen LogP) is 3.04. The van der Waals surface area contributed by atoms with Crippen molar-refractivity contribution in [2.75, 3.05) is 19.7 Å². The van der Waals surface area contributed by atoms with E-state index >= 15 is 0 Å². The van der Waals surface area contributed by atoms with Gasteiger partial charge in [0.1, 0.15) is 12.4 Å². The molecule has 0 radical (unpaired) electrons. The molecular weight excluding hydrogens is 332 g/mol. The van der Waals surface area contributed by atoms with Crippen LogP contribution >= 0.6 is 0 Å². The van der Waals surface area contributed by atoms with E-state index in [-0.39, 0.29) is 18.0 Å². The fraction of sp³-hybridized carbons (Fsp3) is 0.526. The van der Waals surface area contributed by atoms with Crippen molar-refractivity contribution >= 4 is 6.03 Å². The van der Waals surface area contributed by atoms with E-state index in [0.717, 1.165) is 30.7 Å². The molecule has 1 fully saturated rings. The van der Waals surface area contributed by atoms with Crippen molar-refractivity contribution in [1.82, 2.24) is 20.4 Å². The van der Waals surface area contributed by atoms with Crippen molar-refractivity contribution < 1.29 is 14.1 Å². The molecule has 2 amide bonds. The highest BCUT2D eigenvalue weighted by Gasteiger charge is 2.28. The first-order valence-corrected chi connectivity index (χ1v) is 9.06. The van der Waals surface area contributed by atoms with Crippen LogP contribution in [0.2, 0.25) is 0 Å². The Labute approximate surface area is 153 Å².